The number of para-hydroxylation sites is 1. The maximum Gasteiger partial charge on any atom is 0.270 e. The molecular formula is C22H23N7O2. The molecule has 0 bridgehead atoms. The Bertz CT molecular complexity index is 1240. The number of hydrogen-bond acceptors (Lipinski definition) is 7. The second-order valence-corrected chi connectivity index (χ2v) is 7.46. The van der Waals surface area contributed by atoms with E-state index in [1.807, 2.05) is 37.3 Å². The Morgan fingerprint density at radius 2 is 2.16 bits per heavy atom. The highest BCUT2D eigenvalue weighted by molar-refractivity contribution is 5.97. The van der Waals surface area contributed by atoms with Gasteiger partial charge in [0.05, 0.1) is 11.6 Å². The summed E-state index contributed by atoms with van der Waals surface area (Å²) < 4.78 is 8.05. The van der Waals surface area contributed by atoms with Gasteiger partial charge in [-0.2, -0.15) is 14.6 Å². The number of nitrogens with zero attached hydrogens (tertiary/aromatic N) is 6. The number of rotatable bonds is 6. The number of ether oxygens (including phenoxy) is 1. The third-order valence-electron chi connectivity index (χ3n) is 5.51. The molecule has 0 saturated carbocycles. The average molecular weight is 417 g/mol. The zero-order valence-corrected chi connectivity index (χ0v) is 17.2. The molecule has 0 unspecified atom stereocenters. The molecule has 1 amide bonds. The van der Waals surface area contributed by atoms with Crippen molar-refractivity contribution in [3.8, 4) is 5.75 Å². The zero-order valence-electron chi connectivity index (χ0n) is 17.2. The number of carbonyl (C=O) groups excluding carboxylic acids is 1. The van der Waals surface area contributed by atoms with Crippen LogP contribution in [-0.2, 0) is 0 Å². The van der Waals surface area contributed by atoms with Gasteiger partial charge in [0.2, 0.25) is 0 Å². The van der Waals surface area contributed by atoms with Crippen LogP contribution in [0.25, 0.3) is 16.7 Å². The molecule has 158 valence electrons. The fourth-order valence-electron chi connectivity index (χ4n) is 4.07. The molecule has 0 radical (unpaired) electrons. The van der Waals surface area contributed by atoms with Crippen molar-refractivity contribution in [3.63, 3.8) is 0 Å². The van der Waals surface area contributed by atoms with Gasteiger partial charge in [-0.05, 0) is 38.0 Å². The first-order valence-corrected chi connectivity index (χ1v) is 10.5. The third-order valence-corrected chi connectivity index (χ3v) is 5.51. The van der Waals surface area contributed by atoms with Crippen LogP contribution in [0.3, 0.4) is 0 Å². The van der Waals surface area contributed by atoms with Crippen LogP contribution in [0.5, 0.6) is 5.75 Å². The van der Waals surface area contributed by atoms with Crippen molar-refractivity contribution in [2.24, 2.45) is 0 Å². The summed E-state index contributed by atoms with van der Waals surface area (Å²) in [5.74, 6) is 2.00. The maximum absolute atomic E-state index is 12.4. The Balaban J connectivity index is 1.42. The molecule has 31 heavy (non-hydrogen) atoms. The Labute approximate surface area is 179 Å². The van der Waals surface area contributed by atoms with E-state index in [2.05, 4.69) is 30.3 Å². The van der Waals surface area contributed by atoms with Crippen LogP contribution in [0.2, 0.25) is 0 Å². The van der Waals surface area contributed by atoms with Gasteiger partial charge in [-0.3, -0.25) is 4.79 Å². The predicted octanol–water partition coefficient (Wildman–Crippen LogP) is 2.47. The van der Waals surface area contributed by atoms with Crippen LogP contribution in [0.15, 0.2) is 48.9 Å². The molecule has 1 atom stereocenters. The lowest BCUT2D eigenvalue weighted by molar-refractivity contribution is 0.0950. The van der Waals surface area contributed by atoms with Crippen LogP contribution < -0.4 is 15.0 Å². The summed E-state index contributed by atoms with van der Waals surface area (Å²) >= 11 is 0. The number of pyridine rings is 1. The first-order valence-electron chi connectivity index (χ1n) is 10.5. The van der Waals surface area contributed by atoms with Gasteiger partial charge in [0, 0.05) is 30.7 Å². The monoisotopic (exact) mass is 417 g/mol. The van der Waals surface area contributed by atoms with Gasteiger partial charge >= 0.3 is 0 Å². The molecular weight excluding hydrogens is 394 g/mol. The third kappa shape index (κ3) is 3.63. The van der Waals surface area contributed by atoms with Crippen molar-refractivity contribution in [1.29, 1.82) is 0 Å². The summed E-state index contributed by atoms with van der Waals surface area (Å²) in [6.07, 6.45) is 5.34. The number of fused-ring (bicyclic) bond motifs is 2. The number of benzene rings is 1. The van der Waals surface area contributed by atoms with E-state index in [0.29, 0.717) is 30.4 Å². The maximum atomic E-state index is 12.4. The van der Waals surface area contributed by atoms with Gasteiger partial charge in [0.1, 0.15) is 30.2 Å². The number of nitrogens with one attached hydrogen (secondary N) is 1. The van der Waals surface area contributed by atoms with Gasteiger partial charge in [-0.25, -0.2) is 9.97 Å². The van der Waals surface area contributed by atoms with Crippen molar-refractivity contribution in [3.05, 3.63) is 54.6 Å². The standard InChI is InChI=1S/C22H23N7O2/c1-2-23-21(30)18-12-19(16-7-3-4-8-17(16)27-18)31-13-15-6-5-11-28(15)20-9-10-24-22-25-14-26-29(20)22/h3-4,7-10,12,14-15H,2,5-6,11,13H2,1H3,(H,23,30)/t15-/m1/s1. The van der Waals surface area contributed by atoms with Crippen LogP contribution in [0.1, 0.15) is 30.3 Å². The van der Waals surface area contributed by atoms with Crippen LogP contribution >= 0.6 is 0 Å². The topological polar surface area (TPSA) is 97.5 Å². The van der Waals surface area contributed by atoms with Gasteiger partial charge in [-0.1, -0.05) is 12.1 Å². The molecule has 1 aliphatic heterocycles. The van der Waals surface area contributed by atoms with E-state index in [1.54, 1.807) is 16.8 Å². The molecule has 1 fully saturated rings. The lowest BCUT2D eigenvalue weighted by Gasteiger charge is -2.26. The normalized spacial score (nSPS) is 16.2. The second kappa shape index (κ2) is 8.17. The van der Waals surface area contributed by atoms with E-state index >= 15 is 0 Å². The largest absolute Gasteiger partial charge is 0.491 e. The molecule has 1 N–H and O–H groups in total. The summed E-state index contributed by atoms with van der Waals surface area (Å²) in [5, 5.41) is 8.01. The van der Waals surface area contributed by atoms with Crippen LogP contribution in [0, 0.1) is 0 Å². The highest BCUT2D eigenvalue weighted by atomic mass is 16.5. The van der Waals surface area contributed by atoms with Gasteiger partial charge in [0.25, 0.3) is 11.7 Å². The summed E-state index contributed by atoms with van der Waals surface area (Å²) in [6, 6.07) is 11.6. The Hall–Kier alpha value is -3.75. The summed E-state index contributed by atoms with van der Waals surface area (Å²) in [6.45, 7) is 3.83. The van der Waals surface area contributed by atoms with Gasteiger partial charge in [-0.15, -0.1) is 0 Å². The molecule has 3 aromatic heterocycles. The number of carbonyl (C=O) groups is 1. The summed E-state index contributed by atoms with van der Waals surface area (Å²) in [4.78, 5) is 27.6. The van der Waals surface area contributed by atoms with Crippen LogP contribution in [0.4, 0.5) is 5.82 Å². The van der Waals surface area contributed by atoms with Gasteiger partial charge < -0.3 is 15.0 Å². The molecule has 5 rings (SSSR count). The highest BCUT2D eigenvalue weighted by Crippen LogP contribution is 2.29. The molecule has 0 spiro atoms. The molecule has 4 aromatic rings. The highest BCUT2D eigenvalue weighted by Gasteiger charge is 2.28. The number of aromatic nitrogens is 5. The lowest BCUT2D eigenvalue weighted by Crippen LogP contribution is -2.35. The van der Waals surface area contributed by atoms with Crippen molar-refractivity contribution in [2.75, 3.05) is 24.6 Å². The van der Waals surface area contributed by atoms with E-state index in [0.717, 1.165) is 36.1 Å². The fraction of sp³-hybridized carbons (Fsp3) is 0.318. The van der Waals surface area contributed by atoms with Crippen molar-refractivity contribution < 1.29 is 9.53 Å². The Morgan fingerprint density at radius 1 is 1.26 bits per heavy atom. The quantitative estimate of drug-likeness (QED) is 0.515. The summed E-state index contributed by atoms with van der Waals surface area (Å²) in [5.41, 5.74) is 1.10. The first kappa shape index (κ1) is 19.2. The van der Waals surface area contributed by atoms with E-state index in [1.165, 1.54) is 6.33 Å². The minimum absolute atomic E-state index is 0.176. The van der Waals surface area contributed by atoms with Crippen molar-refractivity contribution in [2.45, 2.75) is 25.8 Å². The molecule has 1 aromatic carbocycles. The van der Waals surface area contributed by atoms with E-state index in [4.69, 9.17) is 4.74 Å². The zero-order chi connectivity index (χ0) is 21.2. The minimum Gasteiger partial charge on any atom is -0.491 e. The Morgan fingerprint density at radius 3 is 3.06 bits per heavy atom. The molecule has 0 aliphatic carbocycles. The molecule has 9 nitrogen and oxygen atoms in total. The summed E-state index contributed by atoms with van der Waals surface area (Å²) in [7, 11) is 0. The van der Waals surface area contributed by atoms with E-state index in [-0.39, 0.29) is 11.9 Å². The van der Waals surface area contributed by atoms with Crippen molar-refractivity contribution in [1.82, 2.24) is 29.9 Å². The van der Waals surface area contributed by atoms with E-state index < -0.39 is 0 Å². The fourth-order valence-corrected chi connectivity index (χ4v) is 4.07. The average Bonchev–Trinajstić information content (AvgIpc) is 3.46. The molecule has 4 heterocycles. The molecule has 9 heteroatoms. The number of hydrogen-bond donors (Lipinski definition) is 1. The minimum atomic E-state index is -0.203. The lowest BCUT2D eigenvalue weighted by atomic mass is 10.1. The van der Waals surface area contributed by atoms with Crippen molar-refractivity contribution >= 4 is 28.4 Å². The predicted molar refractivity (Wildman–Crippen MR) is 116 cm³/mol. The smallest absolute Gasteiger partial charge is 0.270 e. The van der Waals surface area contributed by atoms with E-state index in [9.17, 15) is 4.79 Å². The Kier molecular flexibility index (Phi) is 5.07. The van der Waals surface area contributed by atoms with Gasteiger partial charge in [0.15, 0.2) is 0 Å². The molecule has 1 aliphatic rings. The first-order chi connectivity index (χ1) is 15.2. The molecule has 1 saturated heterocycles. The van der Waals surface area contributed by atoms with Crippen LogP contribution in [-0.4, -0.2) is 56.2 Å². The second-order valence-electron chi connectivity index (χ2n) is 7.46. The SMILES string of the molecule is CCNC(=O)c1cc(OC[C@H]2CCCN2c2ccnc3ncnn23)c2ccccc2n1. The number of amides is 1. The number of anilines is 1.